The van der Waals surface area contributed by atoms with Gasteiger partial charge in [0, 0.05) is 42.9 Å². The molecule has 0 bridgehead atoms. The molecular formula is C31H30N4O4. The molecular weight excluding hydrogens is 492 g/mol. The minimum absolute atomic E-state index is 0.141. The van der Waals surface area contributed by atoms with Crippen LogP contribution in [0.3, 0.4) is 0 Å². The molecule has 2 heterocycles. The third kappa shape index (κ3) is 5.45. The van der Waals surface area contributed by atoms with Crippen LogP contribution in [-0.4, -0.2) is 67.2 Å². The fourth-order valence-corrected chi connectivity index (χ4v) is 4.69. The maximum absolute atomic E-state index is 13.5. The van der Waals surface area contributed by atoms with Crippen LogP contribution in [0.4, 0.5) is 5.82 Å². The monoisotopic (exact) mass is 522 g/mol. The number of amides is 1. The zero-order valence-corrected chi connectivity index (χ0v) is 22.3. The highest BCUT2D eigenvalue weighted by molar-refractivity contribution is 6.15. The third-order valence-electron chi connectivity index (χ3n) is 6.94. The first-order valence-corrected chi connectivity index (χ1v) is 12.8. The Balaban J connectivity index is 1.27. The molecule has 1 amide bonds. The van der Waals surface area contributed by atoms with Crippen molar-refractivity contribution in [2.45, 2.75) is 6.92 Å². The lowest BCUT2D eigenvalue weighted by Crippen LogP contribution is -2.49. The summed E-state index contributed by atoms with van der Waals surface area (Å²) in [6.07, 6.45) is 0. The molecule has 3 aromatic carbocycles. The van der Waals surface area contributed by atoms with Crippen LogP contribution in [0.5, 0.6) is 11.5 Å². The van der Waals surface area contributed by atoms with Crippen molar-refractivity contribution in [1.29, 1.82) is 0 Å². The summed E-state index contributed by atoms with van der Waals surface area (Å²) >= 11 is 0. The largest absolute Gasteiger partial charge is 0.497 e. The standard InChI is InChI=1S/C31H30N4O4/c1-21-8-10-22(11-9-21)30(36)24-6-4-5-7-25(24)31(37)35-18-16-34(17-19-35)29-15-13-27(32-33-29)26-20-23(38-2)12-14-28(26)39-3/h4-15,20H,16-19H2,1-3H3. The van der Waals surface area contributed by atoms with Gasteiger partial charge in [-0.3, -0.25) is 9.59 Å². The van der Waals surface area contributed by atoms with E-state index >= 15 is 0 Å². The van der Waals surface area contributed by atoms with Gasteiger partial charge in [0.1, 0.15) is 11.5 Å². The summed E-state index contributed by atoms with van der Waals surface area (Å²) < 4.78 is 10.8. The number of piperazine rings is 1. The third-order valence-corrected chi connectivity index (χ3v) is 6.94. The number of carbonyl (C=O) groups is 2. The minimum Gasteiger partial charge on any atom is -0.497 e. The predicted octanol–water partition coefficient (Wildman–Crippen LogP) is 4.66. The van der Waals surface area contributed by atoms with Gasteiger partial charge in [-0.05, 0) is 43.3 Å². The van der Waals surface area contributed by atoms with Gasteiger partial charge >= 0.3 is 0 Å². The molecule has 1 saturated heterocycles. The van der Waals surface area contributed by atoms with Gasteiger partial charge in [0.25, 0.3) is 5.91 Å². The number of anilines is 1. The lowest BCUT2D eigenvalue weighted by Gasteiger charge is -2.35. The molecule has 0 aliphatic carbocycles. The number of ether oxygens (including phenoxy) is 2. The van der Waals surface area contributed by atoms with Gasteiger partial charge in [0.2, 0.25) is 0 Å². The first-order valence-electron chi connectivity index (χ1n) is 12.8. The van der Waals surface area contributed by atoms with E-state index in [-0.39, 0.29) is 11.7 Å². The fourth-order valence-electron chi connectivity index (χ4n) is 4.69. The van der Waals surface area contributed by atoms with Crippen molar-refractivity contribution in [3.63, 3.8) is 0 Å². The van der Waals surface area contributed by atoms with Crippen molar-refractivity contribution in [1.82, 2.24) is 15.1 Å². The molecule has 5 rings (SSSR count). The molecule has 8 nitrogen and oxygen atoms in total. The number of hydrogen-bond acceptors (Lipinski definition) is 7. The van der Waals surface area contributed by atoms with Gasteiger partial charge in [-0.1, -0.05) is 48.0 Å². The van der Waals surface area contributed by atoms with Crippen molar-refractivity contribution in [3.8, 4) is 22.8 Å². The number of rotatable bonds is 7. The maximum Gasteiger partial charge on any atom is 0.254 e. The van der Waals surface area contributed by atoms with Gasteiger partial charge in [-0.15, -0.1) is 10.2 Å². The molecule has 1 aliphatic heterocycles. The summed E-state index contributed by atoms with van der Waals surface area (Å²) in [4.78, 5) is 30.6. The predicted molar refractivity (Wildman–Crippen MR) is 150 cm³/mol. The van der Waals surface area contributed by atoms with Crippen LogP contribution in [0.1, 0.15) is 31.8 Å². The van der Waals surface area contributed by atoms with Gasteiger partial charge in [-0.2, -0.15) is 0 Å². The summed E-state index contributed by atoms with van der Waals surface area (Å²) in [5, 5.41) is 8.88. The van der Waals surface area contributed by atoms with E-state index in [2.05, 4.69) is 15.1 Å². The highest BCUT2D eigenvalue weighted by atomic mass is 16.5. The number of aromatic nitrogens is 2. The van der Waals surface area contributed by atoms with E-state index in [0.29, 0.717) is 60.1 Å². The normalized spacial score (nSPS) is 13.2. The van der Waals surface area contributed by atoms with Crippen molar-refractivity contribution in [2.75, 3.05) is 45.3 Å². The summed E-state index contributed by atoms with van der Waals surface area (Å²) in [6.45, 7) is 4.22. The van der Waals surface area contributed by atoms with E-state index in [1.54, 1.807) is 55.5 Å². The molecule has 0 unspecified atom stereocenters. The van der Waals surface area contributed by atoms with Crippen LogP contribution in [0, 0.1) is 6.92 Å². The highest BCUT2D eigenvalue weighted by Gasteiger charge is 2.26. The first kappa shape index (κ1) is 25.9. The average Bonchev–Trinajstić information content (AvgIpc) is 3.00. The SMILES string of the molecule is COc1ccc(OC)c(-c2ccc(N3CCN(C(=O)c4ccccc4C(=O)c4ccc(C)cc4)CC3)nn2)c1. The fraction of sp³-hybridized carbons (Fsp3) is 0.226. The topological polar surface area (TPSA) is 84.9 Å². The number of hydrogen-bond donors (Lipinski definition) is 0. The Morgan fingerprint density at radius 3 is 2.13 bits per heavy atom. The van der Waals surface area contributed by atoms with Crippen LogP contribution >= 0.6 is 0 Å². The molecule has 198 valence electrons. The smallest absolute Gasteiger partial charge is 0.254 e. The Labute approximate surface area is 227 Å². The molecule has 4 aromatic rings. The van der Waals surface area contributed by atoms with Crippen LogP contribution in [0.15, 0.2) is 78.9 Å². The first-order chi connectivity index (χ1) is 19.0. The Kier molecular flexibility index (Phi) is 7.54. The van der Waals surface area contributed by atoms with Crippen LogP contribution in [-0.2, 0) is 0 Å². The Hall–Kier alpha value is -4.72. The quantitative estimate of drug-likeness (QED) is 0.326. The highest BCUT2D eigenvalue weighted by Crippen LogP contribution is 2.32. The lowest BCUT2D eigenvalue weighted by atomic mass is 9.97. The molecule has 1 aliphatic rings. The number of ketones is 1. The number of aryl methyl sites for hydroxylation is 1. The maximum atomic E-state index is 13.5. The summed E-state index contributed by atoms with van der Waals surface area (Å²) in [7, 11) is 3.23. The van der Waals surface area contributed by atoms with Crippen LogP contribution in [0.25, 0.3) is 11.3 Å². The van der Waals surface area contributed by atoms with Gasteiger partial charge in [0.05, 0.1) is 25.5 Å². The summed E-state index contributed by atoms with van der Waals surface area (Å²) in [5.41, 5.74) is 3.96. The van der Waals surface area contributed by atoms with Crippen molar-refractivity contribution in [3.05, 3.63) is 101 Å². The minimum atomic E-state index is -0.152. The zero-order valence-electron chi connectivity index (χ0n) is 22.3. The second kappa shape index (κ2) is 11.3. The summed E-state index contributed by atoms with van der Waals surface area (Å²) in [5.74, 6) is 1.84. The van der Waals surface area contributed by atoms with Gasteiger partial charge in [-0.25, -0.2) is 0 Å². The molecule has 0 radical (unpaired) electrons. The van der Waals surface area contributed by atoms with Crippen LogP contribution < -0.4 is 14.4 Å². The van der Waals surface area contributed by atoms with Crippen molar-refractivity contribution < 1.29 is 19.1 Å². The second-order valence-corrected chi connectivity index (χ2v) is 9.36. The number of methoxy groups -OCH3 is 2. The molecule has 1 fully saturated rings. The molecule has 8 heteroatoms. The summed E-state index contributed by atoms with van der Waals surface area (Å²) in [6, 6.07) is 23.8. The van der Waals surface area contributed by atoms with E-state index in [9.17, 15) is 9.59 Å². The van der Waals surface area contributed by atoms with Crippen molar-refractivity contribution >= 4 is 17.5 Å². The van der Waals surface area contributed by atoms with E-state index in [0.717, 1.165) is 16.9 Å². The van der Waals surface area contributed by atoms with Gasteiger partial charge < -0.3 is 19.3 Å². The average molecular weight is 523 g/mol. The Morgan fingerprint density at radius 1 is 0.769 bits per heavy atom. The van der Waals surface area contributed by atoms with E-state index in [4.69, 9.17) is 9.47 Å². The van der Waals surface area contributed by atoms with Gasteiger partial charge in [0.15, 0.2) is 11.6 Å². The van der Waals surface area contributed by atoms with E-state index in [1.165, 1.54) is 0 Å². The molecule has 0 saturated carbocycles. The molecule has 1 aromatic heterocycles. The second-order valence-electron chi connectivity index (χ2n) is 9.36. The molecule has 0 N–H and O–H groups in total. The lowest BCUT2D eigenvalue weighted by molar-refractivity contribution is 0.0742. The Morgan fingerprint density at radius 2 is 1.49 bits per heavy atom. The molecule has 0 spiro atoms. The molecule has 39 heavy (non-hydrogen) atoms. The van der Waals surface area contributed by atoms with E-state index in [1.807, 2.05) is 49.4 Å². The van der Waals surface area contributed by atoms with E-state index < -0.39 is 0 Å². The van der Waals surface area contributed by atoms with Crippen LogP contribution in [0.2, 0.25) is 0 Å². The van der Waals surface area contributed by atoms with Crippen molar-refractivity contribution in [2.24, 2.45) is 0 Å². The Bertz CT molecular complexity index is 1480. The molecule has 0 atom stereocenters. The zero-order chi connectivity index (χ0) is 27.4. The number of carbonyl (C=O) groups excluding carboxylic acids is 2. The number of benzene rings is 3. The number of nitrogens with zero attached hydrogens (tertiary/aromatic N) is 4.